The van der Waals surface area contributed by atoms with Gasteiger partial charge in [0.15, 0.2) is 0 Å². The Hall–Kier alpha value is -2.33. The van der Waals surface area contributed by atoms with Gasteiger partial charge in [0.2, 0.25) is 5.91 Å². The van der Waals surface area contributed by atoms with Gasteiger partial charge in [-0.25, -0.2) is 0 Å². The number of carbonyl (C=O) groups is 1. The zero-order valence-corrected chi connectivity index (χ0v) is 12.8. The number of primary amides is 1. The lowest BCUT2D eigenvalue weighted by atomic mass is 9.99. The van der Waals surface area contributed by atoms with Gasteiger partial charge in [0.05, 0.1) is 0 Å². The topological polar surface area (TPSA) is 49.6 Å². The molecule has 0 bridgehead atoms. The molecule has 0 spiro atoms. The van der Waals surface area contributed by atoms with E-state index in [1.165, 1.54) is 5.69 Å². The Balaban J connectivity index is 1.84. The Bertz CT molecular complexity index is 658. The van der Waals surface area contributed by atoms with Crippen LogP contribution in [0.25, 0.3) is 11.1 Å². The number of likely N-dealkylation sites (N-methyl/N-ethyl adjacent to an activating group) is 1. The highest BCUT2D eigenvalue weighted by Gasteiger charge is 2.14. The Morgan fingerprint density at radius 3 is 2.23 bits per heavy atom. The van der Waals surface area contributed by atoms with E-state index in [0.29, 0.717) is 5.56 Å². The first-order valence-corrected chi connectivity index (χ1v) is 7.58. The van der Waals surface area contributed by atoms with Gasteiger partial charge >= 0.3 is 0 Å². The predicted molar refractivity (Wildman–Crippen MR) is 90.1 cm³/mol. The van der Waals surface area contributed by atoms with Gasteiger partial charge in [0.25, 0.3) is 0 Å². The molecule has 1 aliphatic rings. The number of rotatable bonds is 3. The molecule has 1 fully saturated rings. The number of anilines is 1. The summed E-state index contributed by atoms with van der Waals surface area (Å²) < 4.78 is 0. The molecule has 0 radical (unpaired) electrons. The van der Waals surface area contributed by atoms with Crippen molar-refractivity contribution in [3.8, 4) is 11.1 Å². The lowest BCUT2D eigenvalue weighted by Gasteiger charge is -2.34. The molecule has 1 heterocycles. The van der Waals surface area contributed by atoms with Crippen LogP contribution in [0.1, 0.15) is 10.4 Å². The van der Waals surface area contributed by atoms with Crippen molar-refractivity contribution in [2.24, 2.45) is 5.73 Å². The maximum atomic E-state index is 11.5. The summed E-state index contributed by atoms with van der Waals surface area (Å²) in [5.74, 6) is -0.390. The third-order valence-corrected chi connectivity index (χ3v) is 4.24. The van der Waals surface area contributed by atoms with E-state index in [4.69, 9.17) is 5.73 Å². The van der Waals surface area contributed by atoms with Crippen LogP contribution in [0.3, 0.4) is 0 Å². The molecule has 2 aromatic rings. The average molecular weight is 295 g/mol. The summed E-state index contributed by atoms with van der Waals surface area (Å²) >= 11 is 0. The van der Waals surface area contributed by atoms with Crippen molar-refractivity contribution in [2.75, 3.05) is 38.1 Å². The van der Waals surface area contributed by atoms with Crippen molar-refractivity contribution in [1.29, 1.82) is 0 Å². The van der Waals surface area contributed by atoms with E-state index in [1.807, 2.05) is 18.2 Å². The molecule has 114 valence electrons. The summed E-state index contributed by atoms with van der Waals surface area (Å²) in [5, 5.41) is 0. The summed E-state index contributed by atoms with van der Waals surface area (Å²) in [6.07, 6.45) is 0. The Morgan fingerprint density at radius 1 is 0.955 bits per heavy atom. The number of benzene rings is 2. The van der Waals surface area contributed by atoms with Gasteiger partial charge in [-0.15, -0.1) is 0 Å². The molecule has 1 saturated heterocycles. The van der Waals surface area contributed by atoms with Gasteiger partial charge in [-0.05, 0) is 36.4 Å². The molecular weight excluding hydrogens is 274 g/mol. The molecule has 0 saturated carbocycles. The second-order valence-corrected chi connectivity index (χ2v) is 5.75. The minimum Gasteiger partial charge on any atom is -0.369 e. The zero-order chi connectivity index (χ0) is 15.5. The minimum absolute atomic E-state index is 0.390. The number of piperazine rings is 1. The molecule has 1 aliphatic heterocycles. The Labute approximate surface area is 131 Å². The second-order valence-electron chi connectivity index (χ2n) is 5.75. The monoisotopic (exact) mass is 295 g/mol. The number of nitrogens with zero attached hydrogens (tertiary/aromatic N) is 2. The molecule has 3 rings (SSSR count). The van der Waals surface area contributed by atoms with E-state index in [1.54, 1.807) is 6.07 Å². The third-order valence-electron chi connectivity index (χ3n) is 4.24. The van der Waals surface area contributed by atoms with E-state index in [-0.39, 0.29) is 0 Å². The van der Waals surface area contributed by atoms with E-state index in [9.17, 15) is 4.79 Å². The van der Waals surface area contributed by atoms with Gasteiger partial charge in [-0.3, -0.25) is 4.79 Å². The van der Waals surface area contributed by atoms with Crippen LogP contribution in [0.15, 0.2) is 48.5 Å². The fourth-order valence-electron chi connectivity index (χ4n) is 2.87. The molecule has 2 aromatic carbocycles. The summed E-state index contributed by atoms with van der Waals surface area (Å²) in [6.45, 7) is 4.28. The van der Waals surface area contributed by atoms with Crippen molar-refractivity contribution in [1.82, 2.24) is 4.90 Å². The average Bonchev–Trinajstić information content (AvgIpc) is 2.56. The van der Waals surface area contributed by atoms with Crippen LogP contribution in [0.5, 0.6) is 0 Å². The fraction of sp³-hybridized carbons (Fsp3) is 0.278. The highest BCUT2D eigenvalue weighted by atomic mass is 16.1. The largest absolute Gasteiger partial charge is 0.369 e. The van der Waals surface area contributed by atoms with Crippen molar-refractivity contribution < 1.29 is 4.79 Å². The van der Waals surface area contributed by atoms with Crippen molar-refractivity contribution in [3.63, 3.8) is 0 Å². The van der Waals surface area contributed by atoms with Crippen molar-refractivity contribution >= 4 is 11.6 Å². The lowest BCUT2D eigenvalue weighted by Crippen LogP contribution is -2.44. The molecular formula is C18H21N3O. The van der Waals surface area contributed by atoms with Gasteiger partial charge in [0.1, 0.15) is 0 Å². The SMILES string of the molecule is CN1CCN(c2ccc(-c3ccccc3C(N)=O)cc2)CC1. The number of carbonyl (C=O) groups excluding carboxylic acids is 1. The van der Waals surface area contributed by atoms with Crippen LogP contribution in [0, 0.1) is 0 Å². The molecule has 0 atom stereocenters. The van der Waals surface area contributed by atoms with Crippen LogP contribution in [0.2, 0.25) is 0 Å². The highest BCUT2D eigenvalue weighted by molar-refractivity contribution is 5.99. The van der Waals surface area contributed by atoms with Crippen molar-refractivity contribution in [3.05, 3.63) is 54.1 Å². The maximum absolute atomic E-state index is 11.5. The number of amides is 1. The normalized spacial score (nSPS) is 15.8. The molecule has 0 aliphatic carbocycles. The molecule has 4 nitrogen and oxygen atoms in total. The van der Waals surface area contributed by atoms with Gasteiger partial charge < -0.3 is 15.5 Å². The summed E-state index contributed by atoms with van der Waals surface area (Å²) in [4.78, 5) is 16.3. The van der Waals surface area contributed by atoms with Gasteiger partial charge in [-0.1, -0.05) is 30.3 Å². The fourth-order valence-corrected chi connectivity index (χ4v) is 2.87. The van der Waals surface area contributed by atoms with Crippen LogP contribution in [0.4, 0.5) is 5.69 Å². The van der Waals surface area contributed by atoms with E-state index < -0.39 is 5.91 Å². The quantitative estimate of drug-likeness (QED) is 0.944. The van der Waals surface area contributed by atoms with Crippen LogP contribution < -0.4 is 10.6 Å². The molecule has 4 heteroatoms. The molecule has 22 heavy (non-hydrogen) atoms. The number of hydrogen-bond acceptors (Lipinski definition) is 3. The van der Waals surface area contributed by atoms with E-state index >= 15 is 0 Å². The van der Waals surface area contributed by atoms with Crippen LogP contribution >= 0.6 is 0 Å². The molecule has 2 N–H and O–H groups in total. The number of nitrogens with two attached hydrogens (primary N) is 1. The maximum Gasteiger partial charge on any atom is 0.249 e. The predicted octanol–water partition coefficient (Wildman–Crippen LogP) is 2.20. The minimum atomic E-state index is -0.390. The lowest BCUT2D eigenvalue weighted by molar-refractivity contribution is 0.100. The van der Waals surface area contributed by atoms with Crippen molar-refractivity contribution in [2.45, 2.75) is 0 Å². The summed E-state index contributed by atoms with van der Waals surface area (Å²) in [5.41, 5.74) is 9.16. The molecule has 0 aromatic heterocycles. The highest BCUT2D eigenvalue weighted by Crippen LogP contribution is 2.26. The molecule has 1 amide bonds. The second kappa shape index (κ2) is 6.20. The Morgan fingerprint density at radius 2 is 1.59 bits per heavy atom. The standard InChI is InChI=1S/C18H21N3O/c1-20-10-12-21(13-11-20)15-8-6-14(7-9-15)16-4-2-3-5-17(16)18(19)22/h2-9H,10-13H2,1H3,(H2,19,22). The smallest absolute Gasteiger partial charge is 0.249 e. The third kappa shape index (κ3) is 2.97. The van der Waals surface area contributed by atoms with E-state index in [0.717, 1.165) is 37.3 Å². The summed E-state index contributed by atoms with van der Waals surface area (Å²) in [7, 11) is 2.15. The van der Waals surface area contributed by atoms with E-state index in [2.05, 4.69) is 41.1 Å². The first-order valence-electron chi connectivity index (χ1n) is 7.58. The van der Waals surface area contributed by atoms with Crippen LogP contribution in [-0.2, 0) is 0 Å². The van der Waals surface area contributed by atoms with Gasteiger partial charge in [-0.2, -0.15) is 0 Å². The van der Waals surface area contributed by atoms with Crippen LogP contribution in [-0.4, -0.2) is 44.0 Å². The zero-order valence-electron chi connectivity index (χ0n) is 12.8. The number of hydrogen-bond donors (Lipinski definition) is 1. The summed E-state index contributed by atoms with van der Waals surface area (Å²) in [6, 6.07) is 15.8. The first kappa shape index (κ1) is 14.6. The molecule has 0 unspecified atom stereocenters. The van der Waals surface area contributed by atoms with Gasteiger partial charge in [0, 0.05) is 37.4 Å². The first-order chi connectivity index (χ1) is 10.6. The Kier molecular flexibility index (Phi) is 4.11.